The molecule has 3 aliphatic rings. The Kier molecular flexibility index (Phi) is 9.93. The predicted molar refractivity (Wildman–Crippen MR) is 169 cm³/mol. The Hall–Kier alpha value is -1.46. The van der Waals surface area contributed by atoms with Crippen molar-refractivity contribution in [3.05, 3.63) is 52.1 Å². The first-order valence-corrected chi connectivity index (χ1v) is 18.7. The molecule has 0 aliphatic heterocycles. The summed E-state index contributed by atoms with van der Waals surface area (Å²) in [6.45, 7) is 6.30. The van der Waals surface area contributed by atoms with Crippen LogP contribution in [0.5, 0.6) is 5.75 Å². The molecule has 0 saturated heterocycles. The molecule has 0 bridgehead atoms. The van der Waals surface area contributed by atoms with E-state index in [1.54, 1.807) is 11.8 Å². The summed E-state index contributed by atoms with van der Waals surface area (Å²) in [6, 6.07) is 8.75. The highest BCUT2D eigenvalue weighted by molar-refractivity contribution is 7.98. The van der Waals surface area contributed by atoms with Crippen LogP contribution in [-0.2, 0) is 10.1 Å². The van der Waals surface area contributed by atoms with Crippen molar-refractivity contribution in [3.8, 4) is 5.75 Å². The van der Waals surface area contributed by atoms with Gasteiger partial charge >= 0.3 is 10.1 Å². The van der Waals surface area contributed by atoms with Crippen LogP contribution < -0.4 is 4.18 Å². The zero-order chi connectivity index (χ0) is 28.3. The first-order valence-electron chi connectivity index (χ1n) is 16.1. The number of aryl methyl sites for hydroxylation is 1. The Bertz CT molecular complexity index is 1220. The fraction of sp³-hybridized carbons (Fsp3) is 0.657. The highest BCUT2D eigenvalue weighted by Crippen LogP contribution is 2.46. The van der Waals surface area contributed by atoms with E-state index >= 15 is 0 Å². The van der Waals surface area contributed by atoms with Crippen LogP contribution in [0.25, 0.3) is 0 Å². The molecule has 2 aromatic carbocycles. The maximum atomic E-state index is 14.6. The number of benzene rings is 2. The molecule has 0 aromatic heterocycles. The molecule has 220 valence electrons. The zero-order valence-corrected chi connectivity index (χ0v) is 26.9. The number of thioether (sulfide) groups is 1. The smallest absolute Gasteiger partial charge is 0.339 e. The first-order chi connectivity index (χ1) is 19.3. The van der Waals surface area contributed by atoms with Crippen LogP contribution >= 0.6 is 11.8 Å². The van der Waals surface area contributed by atoms with Gasteiger partial charge in [-0.25, -0.2) is 0 Å². The second kappa shape index (κ2) is 13.2. The molecule has 5 rings (SSSR count). The van der Waals surface area contributed by atoms with Gasteiger partial charge in [-0.2, -0.15) is 8.42 Å². The van der Waals surface area contributed by atoms with Crippen molar-refractivity contribution in [2.45, 2.75) is 151 Å². The highest BCUT2D eigenvalue weighted by Gasteiger charge is 2.35. The van der Waals surface area contributed by atoms with Gasteiger partial charge in [0.25, 0.3) is 0 Å². The average Bonchev–Trinajstić information content (AvgIpc) is 2.98. The molecule has 3 nitrogen and oxygen atoms in total. The largest absolute Gasteiger partial charge is 0.379 e. The lowest BCUT2D eigenvalue weighted by molar-refractivity contribution is 0.414. The standard InChI is InChI=1S/C35H50O3S2/c1-24(2)30-23-33(25(3)20-34(30)39-4)38-40(36,37)35-31(27-16-10-6-11-17-27)21-29(26-14-8-5-9-15-26)22-32(35)28-18-12-7-13-19-28/h20-24,26-28H,5-19H2,1-4H3. The summed E-state index contributed by atoms with van der Waals surface area (Å²) in [5.41, 5.74) is 5.59. The maximum Gasteiger partial charge on any atom is 0.339 e. The molecule has 5 heteroatoms. The van der Waals surface area contributed by atoms with E-state index in [4.69, 9.17) is 4.18 Å². The van der Waals surface area contributed by atoms with E-state index in [9.17, 15) is 8.42 Å². The lowest BCUT2D eigenvalue weighted by Gasteiger charge is -2.32. The fourth-order valence-corrected chi connectivity index (χ4v) is 10.0. The molecule has 3 aliphatic carbocycles. The fourth-order valence-electron chi connectivity index (χ4n) is 7.65. The minimum absolute atomic E-state index is 0.290. The van der Waals surface area contributed by atoms with Gasteiger partial charge in [-0.1, -0.05) is 83.8 Å². The van der Waals surface area contributed by atoms with Gasteiger partial charge in [-0.3, -0.25) is 0 Å². The number of hydrogen-bond donors (Lipinski definition) is 0. The van der Waals surface area contributed by atoms with Crippen molar-refractivity contribution in [1.29, 1.82) is 0 Å². The second-order valence-corrected chi connectivity index (χ2v) is 15.4. The van der Waals surface area contributed by atoms with Crippen molar-refractivity contribution in [2.75, 3.05) is 6.26 Å². The summed E-state index contributed by atoms with van der Waals surface area (Å²) >= 11 is 1.71. The lowest BCUT2D eigenvalue weighted by atomic mass is 9.76. The maximum absolute atomic E-state index is 14.6. The van der Waals surface area contributed by atoms with Crippen LogP contribution in [0.15, 0.2) is 34.1 Å². The average molecular weight is 583 g/mol. The molecule has 3 saturated carbocycles. The van der Waals surface area contributed by atoms with Crippen molar-refractivity contribution < 1.29 is 12.6 Å². The molecule has 0 atom stereocenters. The molecule has 0 spiro atoms. The van der Waals surface area contributed by atoms with Crippen molar-refractivity contribution in [1.82, 2.24) is 0 Å². The zero-order valence-electron chi connectivity index (χ0n) is 25.3. The summed E-state index contributed by atoms with van der Waals surface area (Å²) in [7, 11) is -4.01. The Balaban J connectivity index is 1.66. The third kappa shape index (κ3) is 6.61. The van der Waals surface area contributed by atoms with Gasteiger partial charge < -0.3 is 4.18 Å². The number of hydrogen-bond acceptors (Lipinski definition) is 4. The van der Waals surface area contributed by atoms with Crippen molar-refractivity contribution >= 4 is 21.9 Å². The van der Waals surface area contributed by atoms with E-state index in [1.807, 2.05) is 13.0 Å². The summed E-state index contributed by atoms with van der Waals surface area (Å²) in [5, 5.41) is 0. The van der Waals surface area contributed by atoms with Crippen LogP contribution in [-0.4, -0.2) is 14.7 Å². The van der Waals surface area contributed by atoms with Crippen LogP contribution in [0.4, 0.5) is 0 Å². The van der Waals surface area contributed by atoms with Gasteiger partial charge in [0.15, 0.2) is 0 Å². The molecule has 0 radical (unpaired) electrons. The molecular weight excluding hydrogens is 533 g/mol. The molecule has 40 heavy (non-hydrogen) atoms. The van der Waals surface area contributed by atoms with Gasteiger partial charge in [0, 0.05) is 4.90 Å². The highest BCUT2D eigenvalue weighted by atomic mass is 32.2. The molecule has 0 heterocycles. The third-order valence-electron chi connectivity index (χ3n) is 9.93. The van der Waals surface area contributed by atoms with Gasteiger partial charge in [0.1, 0.15) is 10.6 Å². The molecule has 0 amide bonds. The quantitative estimate of drug-likeness (QED) is 0.229. The minimum Gasteiger partial charge on any atom is -0.379 e. The SMILES string of the molecule is CSc1cc(C)c(OS(=O)(=O)c2c(C3CCCCC3)cc(C3CCCCC3)cc2C2CCCCC2)cc1C(C)C. The molecule has 2 aromatic rings. The number of rotatable bonds is 8. The second-order valence-electron chi connectivity index (χ2n) is 13.1. The van der Waals surface area contributed by atoms with E-state index in [0.29, 0.717) is 34.3 Å². The summed E-state index contributed by atoms with van der Waals surface area (Å²) in [6.07, 6.45) is 20.0. The van der Waals surface area contributed by atoms with Crippen molar-refractivity contribution in [2.24, 2.45) is 0 Å². The first kappa shape index (κ1) is 30.0. The van der Waals surface area contributed by atoms with E-state index in [1.165, 1.54) is 81.1 Å². The molecule has 0 N–H and O–H groups in total. The topological polar surface area (TPSA) is 43.4 Å². The Morgan fingerprint density at radius 2 is 1.20 bits per heavy atom. The predicted octanol–water partition coefficient (Wildman–Crippen LogP) is 10.8. The third-order valence-corrected chi connectivity index (χ3v) is 12.1. The van der Waals surface area contributed by atoms with Crippen LogP contribution in [0.1, 0.15) is 162 Å². The van der Waals surface area contributed by atoms with Crippen LogP contribution in [0, 0.1) is 6.92 Å². The van der Waals surface area contributed by atoms with Crippen molar-refractivity contribution in [3.63, 3.8) is 0 Å². The van der Waals surface area contributed by atoms with Gasteiger partial charge in [-0.15, -0.1) is 11.8 Å². The Morgan fingerprint density at radius 1 is 0.725 bits per heavy atom. The lowest BCUT2D eigenvalue weighted by Crippen LogP contribution is -2.21. The van der Waals surface area contributed by atoms with Crippen LogP contribution in [0.2, 0.25) is 0 Å². The summed E-state index contributed by atoms with van der Waals surface area (Å²) < 4.78 is 35.4. The van der Waals surface area contributed by atoms with Gasteiger partial charge in [0.2, 0.25) is 0 Å². The van der Waals surface area contributed by atoms with Gasteiger partial charge in [0.05, 0.1) is 0 Å². The Morgan fingerprint density at radius 3 is 1.65 bits per heavy atom. The van der Waals surface area contributed by atoms with E-state index in [-0.39, 0.29) is 0 Å². The van der Waals surface area contributed by atoms with E-state index < -0.39 is 10.1 Å². The monoisotopic (exact) mass is 582 g/mol. The minimum atomic E-state index is -4.01. The molecular formula is C35H50O3S2. The molecule has 0 unspecified atom stereocenters. The van der Waals surface area contributed by atoms with Crippen LogP contribution in [0.3, 0.4) is 0 Å². The summed E-state index contributed by atoms with van der Waals surface area (Å²) in [4.78, 5) is 1.73. The summed E-state index contributed by atoms with van der Waals surface area (Å²) in [5.74, 6) is 1.95. The normalized spacial score (nSPS) is 20.2. The Labute approximate surface area is 248 Å². The van der Waals surface area contributed by atoms with E-state index in [2.05, 4.69) is 38.3 Å². The molecule has 3 fully saturated rings. The van der Waals surface area contributed by atoms with E-state index in [0.717, 1.165) is 47.9 Å². The van der Waals surface area contributed by atoms with Gasteiger partial charge in [-0.05, 0) is 115 Å².